The van der Waals surface area contributed by atoms with Crippen LogP contribution in [0.2, 0.25) is 0 Å². The monoisotopic (exact) mass is 317 g/mol. The van der Waals surface area contributed by atoms with Crippen LogP contribution < -0.4 is 10.0 Å². The van der Waals surface area contributed by atoms with Crippen LogP contribution in [0.3, 0.4) is 0 Å². The number of carboxylic acid groups (broad SMARTS) is 1. The zero-order valence-corrected chi connectivity index (χ0v) is 12.9. The Morgan fingerprint density at radius 2 is 2.05 bits per heavy atom. The summed E-state index contributed by atoms with van der Waals surface area (Å²) in [6.45, 7) is 1.76. The number of rotatable bonds is 7. The van der Waals surface area contributed by atoms with Gasteiger partial charge in [0.25, 0.3) is 5.91 Å². The molecule has 3 N–H and O–H groups in total. The zero-order valence-electron chi connectivity index (χ0n) is 12.1. The smallest absolute Gasteiger partial charge is 0.321 e. The lowest BCUT2D eigenvalue weighted by atomic mass is 10.2. The van der Waals surface area contributed by atoms with Crippen molar-refractivity contribution in [3.63, 3.8) is 0 Å². The quantitative estimate of drug-likeness (QED) is 0.650. The van der Waals surface area contributed by atoms with Crippen molar-refractivity contribution in [1.82, 2.24) is 14.6 Å². The number of nitrogens with zero attached hydrogens (tertiary/aromatic N) is 1. The third kappa shape index (κ3) is 4.05. The number of aromatic nitrogens is 1. The van der Waals surface area contributed by atoms with Crippen molar-refractivity contribution in [2.45, 2.75) is 30.7 Å². The molecule has 1 aromatic heterocycles. The topological polar surface area (TPSA) is 117 Å². The third-order valence-corrected chi connectivity index (χ3v) is 4.36. The lowest BCUT2D eigenvalue weighted by molar-refractivity contribution is -0.139. The summed E-state index contributed by atoms with van der Waals surface area (Å²) in [5.41, 5.74) is 0.167. The van der Waals surface area contributed by atoms with Gasteiger partial charge >= 0.3 is 5.97 Å². The van der Waals surface area contributed by atoms with E-state index in [9.17, 15) is 18.0 Å². The van der Waals surface area contributed by atoms with E-state index in [2.05, 4.69) is 10.0 Å². The minimum Gasteiger partial charge on any atom is -0.480 e. The van der Waals surface area contributed by atoms with E-state index < -0.39 is 27.9 Å². The first-order valence-corrected chi connectivity index (χ1v) is 7.84. The summed E-state index contributed by atoms with van der Waals surface area (Å²) in [5, 5.41) is 11.4. The molecular formula is C12H19N3O5S. The van der Waals surface area contributed by atoms with Gasteiger partial charge < -0.3 is 15.0 Å². The number of aliphatic carboxylic acids is 1. The van der Waals surface area contributed by atoms with E-state index in [1.807, 2.05) is 0 Å². The number of carbonyl (C=O) groups excluding carboxylic acids is 1. The molecule has 0 radical (unpaired) electrons. The molecule has 1 atom stereocenters. The molecule has 0 spiro atoms. The minimum atomic E-state index is -4.00. The molecule has 0 saturated heterocycles. The molecule has 0 aliphatic rings. The first-order chi connectivity index (χ1) is 9.72. The molecule has 0 fully saturated rings. The van der Waals surface area contributed by atoms with Crippen LogP contribution in [-0.4, -0.2) is 43.1 Å². The molecule has 1 heterocycles. The fourth-order valence-electron chi connectivity index (χ4n) is 1.81. The van der Waals surface area contributed by atoms with Gasteiger partial charge in [0.15, 0.2) is 0 Å². The fourth-order valence-corrected chi connectivity index (χ4v) is 3.10. The van der Waals surface area contributed by atoms with Crippen LogP contribution in [0.25, 0.3) is 0 Å². The molecule has 118 valence electrons. The molecule has 9 heteroatoms. The highest BCUT2D eigenvalue weighted by atomic mass is 32.2. The van der Waals surface area contributed by atoms with Crippen molar-refractivity contribution < 1.29 is 23.1 Å². The van der Waals surface area contributed by atoms with E-state index in [1.165, 1.54) is 30.9 Å². The van der Waals surface area contributed by atoms with Gasteiger partial charge in [0.2, 0.25) is 10.0 Å². The first-order valence-electron chi connectivity index (χ1n) is 6.36. The van der Waals surface area contributed by atoms with Gasteiger partial charge in [-0.25, -0.2) is 8.42 Å². The van der Waals surface area contributed by atoms with Crippen molar-refractivity contribution in [3.8, 4) is 0 Å². The molecule has 1 unspecified atom stereocenters. The number of aryl methyl sites for hydroxylation is 1. The number of amides is 1. The molecule has 1 rings (SSSR count). The summed E-state index contributed by atoms with van der Waals surface area (Å²) in [6.07, 6.45) is 1.97. The fraction of sp³-hybridized carbons (Fsp3) is 0.500. The van der Waals surface area contributed by atoms with Crippen LogP contribution in [0, 0.1) is 0 Å². The van der Waals surface area contributed by atoms with Crippen molar-refractivity contribution in [3.05, 3.63) is 18.0 Å². The molecular weight excluding hydrogens is 298 g/mol. The summed E-state index contributed by atoms with van der Waals surface area (Å²) in [5.74, 6) is -1.66. The van der Waals surface area contributed by atoms with E-state index >= 15 is 0 Å². The van der Waals surface area contributed by atoms with Crippen molar-refractivity contribution in [1.29, 1.82) is 0 Å². The number of hydrogen-bond acceptors (Lipinski definition) is 4. The second-order valence-corrected chi connectivity index (χ2v) is 6.27. The van der Waals surface area contributed by atoms with Gasteiger partial charge in [0, 0.05) is 20.3 Å². The largest absolute Gasteiger partial charge is 0.480 e. The van der Waals surface area contributed by atoms with Crippen LogP contribution >= 0.6 is 0 Å². The lowest BCUT2D eigenvalue weighted by Crippen LogP contribution is -2.40. The van der Waals surface area contributed by atoms with Crippen molar-refractivity contribution in [2.24, 2.45) is 7.05 Å². The van der Waals surface area contributed by atoms with Gasteiger partial charge in [0.1, 0.15) is 16.6 Å². The zero-order chi connectivity index (χ0) is 16.2. The predicted octanol–water partition coefficient (Wildman–Crippen LogP) is -0.0837. The van der Waals surface area contributed by atoms with Crippen LogP contribution in [0.1, 0.15) is 30.3 Å². The van der Waals surface area contributed by atoms with Gasteiger partial charge in [0.05, 0.1) is 0 Å². The standard InChI is InChI=1S/C12H19N3O5S/c1-4-5-9(12(17)18)14-21(19,20)8-6-10(11(16)13-2)15(3)7-8/h6-7,9,14H,4-5H2,1-3H3,(H,13,16)(H,17,18). The van der Waals surface area contributed by atoms with E-state index in [0.717, 1.165) is 0 Å². The Hall–Kier alpha value is -1.87. The summed E-state index contributed by atoms with van der Waals surface area (Å²) >= 11 is 0. The highest BCUT2D eigenvalue weighted by molar-refractivity contribution is 7.89. The normalized spacial score (nSPS) is 12.9. The molecule has 0 aromatic carbocycles. The van der Waals surface area contributed by atoms with E-state index in [-0.39, 0.29) is 17.0 Å². The molecule has 0 aliphatic heterocycles. The van der Waals surface area contributed by atoms with Gasteiger partial charge in [-0.05, 0) is 12.5 Å². The van der Waals surface area contributed by atoms with Gasteiger partial charge in [-0.3, -0.25) is 9.59 Å². The maximum atomic E-state index is 12.2. The molecule has 1 amide bonds. The number of hydrogen-bond donors (Lipinski definition) is 3. The van der Waals surface area contributed by atoms with Crippen LogP contribution in [0.15, 0.2) is 17.2 Å². The van der Waals surface area contributed by atoms with Gasteiger partial charge in [-0.2, -0.15) is 4.72 Å². The van der Waals surface area contributed by atoms with Crippen LogP contribution in [-0.2, 0) is 21.9 Å². The average Bonchev–Trinajstić information content (AvgIpc) is 2.80. The average molecular weight is 317 g/mol. The van der Waals surface area contributed by atoms with E-state index in [0.29, 0.717) is 6.42 Å². The molecule has 8 nitrogen and oxygen atoms in total. The molecule has 1 aromatic rings. The summed E-state index contributed by atoms with van der Waals surface area (Å²) in [7, 11) is -1.04. The van der Waals surface area contributed by atoms with E-state index in [4.69, 9.17) is 5.11 Å². The van der Waals surface area contributed by atoms with E-state index in [1.54, 1.807) is 6.92 Å². The highest BCUT2D eigenvalue weighted by Gasteiger charge is 2.26. The van der Waals surface area contributed by atoms with Crippen LogP contribution in [0.5, 0.6) is 0 Å². The second-order valence-electron chi connectivity index (χ2n) is 4.55. The number of carbonyl (C=O) groups is 2. The molecule has 0 saturated carbocycles. The van der Waals surface area contributed by atoms with Crippen LogP contribution in [0.4, 0.5) is 0 Å². The molecule has 21 heavy (non-hydrogen) atoms. The Balaban J connectivity index is 3.08. The third-order valence-electron chi connectivity index (χ3n) is 2.92. The maximum Gasteiger partial charge on any atom is 0.321 e. The Labute approximate surface area is 123 Å². The predicted molar refractivity (Wildman–Crippen MR) is 75.5 cm³/mol. The first kappa shape index (κ1) is 17.2. The number of nitrogens with one attached hydrogen (secondary N) is 2. The molecule has 0 aliphatic carbocycles. The number of carboxylic acids is 1. The highest BCUT2D eigenvalue weighted by Crippen LogP contribution is 2.14. The van der Waals surface area contributed by atoms with Crippen molar-refractivity contribution in [2.75, 3.05) is 7.05 Å². The van der Waals surface area contributed by atoms with Crippen molar-refractivity contribution >= 4 is 21.9 Å². The Morgan fingerprint density at radius 3 is 2.52 bits per heavy atom. The molecule has 0 bridgehead atoms. The summed E-state index contributed by atoms with van der Waals surface area (Å²) < 4.78 is 27.9. The number of sulfonamides is 1. The maximum absolute atomic E-state index is 12.2. The SMILES string of the molecule is CCCC(NS(=O)(=O)c1cc(C(=O)NC)n(C)c1)C(=O)O. The van der Waals surface area contributed by atoms with Gasteiger partial charge in [-0.1, -0.05) is 13.3 Å². The lowest BCUT2D eigenvalue weighted by Gasteiger charge is -2.12. The Bertz CT molecular complexity index is 635. The Kier molecular flexibility index (Phi) is 5.50. The van der Waals surface area contributed by atoms with Gasteiger partial charge in [-0.15, -0.1) is 0 Å². The second kappa shape index (κ2) is 6.72. The summed E-state index contributed by atoms with van der Waals surface area (Å²) in [4.78, 5) is 22.4. The summed E-state index contributed by atoms with van der Waals surface area (Å²) in [6, 6.07) is 0.00936. The minimum absolute atomic E-state index is 0.147. The Morgan fingerprint density at radius 1 is 1.43 bits per heavy atom.